The number of allylic oxidation sites excluding steroid dienone is 2. The van der Waals surface area contributed by atoms with Crippen molar-refractivity contribution in [1.29, 1.82) is 0 Å². The lowest BCUT2D eigenvalue weighted by Gasteiger charge is -2.21. The number of furan rings is 1. The molecule has 20 heavy (non-hydrogen) atoms. The normalized spacial score (nSPS) is 19.0. The van der Waals surface area contributed by atoms with Crippen molar-refractivity contribution in [3.63, 3.8) is 0 Å². The largest absolute Gasteiger partial charge is 0.461 e. The molecule has 0 saturated carbocycles. The zero-order chi connectivity index (χ0) is 14.1. The summed E-state index contributed by atoms with van der Waals surface area (Å²) in [6.45, 7) is 3.99. The van der Waals surface area contributed by atoms with E-state index in [0.717, 1.165) is 29.1 Å². The minimum absolute atomic E-state index is 0.187. The first kappa shape index (κ1) is 12.9. The van der Waals surface area contributed by atoms with E-state index < -0.39 is 0 Å². The van der Waals surface area contributed by atoms with Crippen molar-refractivity contribution < 1.29 is 9.21 Å². The summed E-state index contributed by atoms with van der Waals surface area (Å²) < 4.78 is 5.77. The van der Waals surface area contributed by atoms with Crippen LogP contribution < -0.4 is 0 Å². The minimum Gasteiger partial charge on any atom is -0.461 e. The highest BCUT2D eigenvalue weighted by atomic mass is 16.3. The van der Waals surface area contributed by atoms with Crippen molar-refractivity contribution >= 4 is 11.4 Å². The number of hydrogen-bond acceptors (Lipinski definition) is 2. The van der Waals surface area contributed by atoms with Crippen LogP contribution in [0, 0.1) is 13.8 Å². The fourth-order valence-electron chi connectivity index (χ4n) is 2.76. The highest BCUT2D eigenvalue weighted by Gasteiger charge is 2.24. The van der Waals surface area contributed by atoms with Crippen LogP contribution in [0.15, 0.2) is 46.9 Å². The molecule has 0 bridgehead atoms. The molecule has 1 atom stereocenters. The van der Waals surface area contributed by atoms with Gasteiger partial charge in [-0.2, -0.15) is 0 Å². The summed E-state index contributed by atoms with van der Waals surface area (Å²) in [4.78, 5) is 12.0. The lowest BCUT2D eigenvalue weighted by molar-refractivity contribution is -0.115. The van der Waals surface area contributed by atoms with Crippen LogP contribution >= 0.6 is 0 Å². The molecule has 2 heteroatoms. The third-order valence-corrected chi connectivity index (χ3v) is 4.00. The van der Waals surface area contributed by atoms with Crippen LogP contribution in [0.4, 0.5) is 0 Å². The Bertz CT molecular complexity index is 642. The molecule has 1 unspecified atom stereocenters. The van der Waals surface area contributed by atoms with Crippen molar-refractivity contribution in [3.05, 3.63) is 65.1 Å². The quantitative estimate of drug-likeness (QED) is 0.805. The Balaban J connectivity index is 1.91. The predicted octanol–water partition coefficient (Wildman–Crippen LogP) is 4.43. The maximum absolute atomic E-state index is 12.0. The van der Waals surface area contributed by atoms with Gasteiger partial charge in [-0.1, -0.05) is 30.3 Å². The lowest BCUT2D eigenvalue weighted by atomic mass is 9.82. The number of carbonyl (C=O) groups excluding carboxylic acids is 1. The molecule has 0 aliphatic heterocycles. The molecule has 0 saturated heterocycles. The van der Waals surface area contributed by atoms with Crippen LogP contribution in [0.3, 0.4) is 0 Å². The molecule has 2 nitrogen and oxygen atoms in total. The van der Waals surface area contributed by atoms with Crippen molar-refractivity contribution in [3.8, 4) is 0 Å². The van der Waals surface area contributed by atoms with Gasteiger partial charge in [0.1, 0.15) is 11.5 Å². The van der Waals surface area contributed by atoms with Gasteiger partial charge in [-0.05, 0) is 55.0 Å². The zero-order valence-electron chi connectivity index (χ0n) is 11.8. The molecule has 0 N–H and O–H groups in total. The highest BCUT2D eigenvalue weighted by Crippen LogP contribution is 2.36. The number of hydrogen-bond donors (Lipinski definition) is 0. The van der Waals surface area contributed by atoms with E-state index >= 15 is 0 Å². The molecule has 3 rings (SSSR count). The topological polar surface area (TPSA) is 30.2 Å². The molecule has 0 radical (unpaired) electrons. The van der Waals surface area contributed by atoms with Gasteiger partial charge in [0.15, 0.2) is 5.78 Å². The summed E-state index contributed by atoms with van der Waals surface area (Å²) in [5.74, 6) is 2.21. The van der Waals surface area contributed by atoms with E-state index in [4.69, 9.17) is 4.42 Å². The second-order valence-electron chi connectivity index (χ2n) is 5.50. The first-order valence-corrected chi connectivity index (χ1v) is 6.99. The number of benzene rings is 1. The first-order chi connectivity index (χ1) is 9.63. The summed E-state index contributed by atoms with van der Waals surface area (Å²) in [5.41, 5.74) is 3.38. The van der Waals surface area contributed by atoms with Crippen molar-refractivity contribution in [2.45, 2.75) is 32.6 Å². The highest BCUT2D eigenvalue weighted by molar-refractivity contribution is 5.98. The minimum atomic E-state index is 0.187. The average molecular weight is 266 g/mol. The number of rotatable bonds is 2. The second kappa shape index (κ2) is 5.12. The first-order valence-electron chi connectivity index (χ1n) is 6.99. The predicted molar refractivity (Wildman–Crippen MR) is 79.6 cm³/mol. The lowest BCUT2D eigenvalue weighted by Crippen LogP contribution is -2.12. The van der Waals surface area contributed by atoms with E-state index in [-0.39, 0.29) is 11.7 Å². The molecule has 0 spiro atoms. The van der Waals surface area contributed by atoms with E-state index in [1.165, 1.54) is 5.56 Å². The molecular weight excluding hydrogens is 248 g/mol. The molecular formula is C18H18O2. The monoisotopic (exact) mass is 266 g/mol. The Morgan fingerprint density at radius 2 is 1.85 bits per heavy atom. The van der Waals surface area contributed by atoms with Gasteiger partial charge in [0.25, 0.3) is 0 Å². The fourth-order valence-corrected chi connectivity index (χ4v) is 2.76. The standard InChI is InChI=1S/C18H18O2/c1-12-8-18(20-13(12)2)16-9-15(10-17(19)11-16)14-6-4-3-5-7-14/h3-8,11,15H,9-10H2,1-2H3. The van der Waals surface area contributed by atoms with E-state index in [0.29, 0.717) is 6.42 Å². The summed E-state index contributed by atoms with van der Waals surface area (Å²) in [6.07, 6.45) is 3.20. The van der Waals surface area contributed by atoms with E-state index in [2.05, 4.69) is 12.1 Å². The van der Waals surface area contributed by atoms with Gasteiger partial charge in [0.05, 0.1) is 0 Å². The summed E-state index contributed by atoms with van der Waals surface area (Å²) in [6, 6.07) is 12.3. The Morgan fingerprint density at radius 1 is 1.10 bits per heavy atom. The summed E-state index contributed by atoms with van der Waals surface area (Å²) in [7, 11) is 0. The molecule has 0 fully saturated rings. The van der Waals surface area contributed by atoms with Crippen LogP contribution in [0.2, 0.25) is 0 Å². The number of carbonyl (C=O) groups is 1. The molecule has 2 aromatic rings. The van der Waals surface area contributed by atoms with Crippen LogP contribution in [-0.2, 0) is 4.79 Å². The van der Waals surface area contributed by atoms with Crippen LogP contribution in [0.1, 0.15) is 41.4 Å². The molecule has 1 aromatic carbocycles. The maximum Gasteiger partial charge on any atom is 0.156 e. The van der Waals surface area contributed by atoms with Gasteiger partial charge in [-0.3, -0.25) is 4.79 Å². The Hall–Kier alpha value is -2.09. The Kier molecular flexibility index (Phi) is 3.31. The van der Waals surface area contributed by atoms with E-state index in [1.807, 2.05) is 38.1 Å². The second-order valence-corrected chi connectivity index (χ2v) is 5.50. The van der Waals surface area contributed by atoms with Crippen LogP contribution in [0.5, 0.6) is 0 Å². The molecule has 0 amide bonds. The van der Waals surface area contributed by atoms with Crippen LogP contribution in [0.25, 0.3) is 5.57 Å². The Morgan fingerprint density at radius 3 is 2.50 bits per heavy atom. The zero-order valence-corrected chi connectivity index (χ0v) is 11.8. The van der Waals surface area contributed by atoms with Gasteiger partial charge in [0.2, 0.25) is 0 Å². The van der Waals surface area contributed by atoms with E-state index in [1.54, 1.807) is 6.08 Å². The number of ketones is 1. The molecule has 1 aromatic heterocycles. The third-order valence-electron chi connectivity index (χ3n) is 4.00. The molecule has 1 aliphatic carbocycles. The van der Waals surface area contributed by atoms with Crippen molar-refractivity contribution in [2.24, 2.45) is 0 Å². The Labute approximate surface area is 119 Å². The van der Waals surface area contributed by atoms with E-state index in [9.17, 15) is 4.79 Å². The maximum atomic E-state index is 12.0. The van der Waals surface area contributed by atoms with Gasteiger partial charge in [0, 0.05) is 6.42 Å². The molecule has 1 heterocycles. The SMILES string of the molecule is Cc1cc(C2=CC(=O)CC(c3ccccc3)C2)oc1C. The fraction of sp³-hybridized carbons (Fsp3) is 0.278. The van der Waals surface area contributed by atoms with Crippen molar-refractivity contribution in [2.75, 3.05) is 0 Å². The number of aryl methyl sites for hydroxylation is 2. The van der Waals surface area contributed by atoms with Gasteiger partial charge in [-0.15, -0.1) is 0 Å². The summed E-state index contributed by atoms with van der Waals surface area (Å²) in [5, 5.41) is 0. The van der Waals surface area contributed by atoms with Gasteiger partial charge < -0.3 is 4.42 Å². The molecule has 102 valence electrons. The summed E-state index contributed by atoms with van der Waals surface area (Å²) >= 11 is 0. The smallest absolute Gasteiger partial charge is 0.156 e. The third kappa shape index (κ3) is 2.46. The average Bonchev–Trinajstić information content (AvgIpc) is 2.79. The van der Waals surface area contributed by atoms with Gasteiger partial charge >= 0.3 is 0 Å². The molecule has 1 aliphatic rings. The van der Waals surface area contributed by atoms with Crippen LogP contribution in [-0.4, -0.2) is 5.78 Å². The van der Waals surface area contributed by atoms with Gasteiger partial charge in [-0.25, -0.2) is 0 Å². The van der Waals surface area contributed by atoms with Crippen molar-refractivity contribution in [1.82, 2.24) is 0 Å².